The average Bonchev–Trinajstić information content (AvgIpc) is 2.28. The van der Waals surface area contributed by atoms with Gasteiger partial charge in [0.15, 0.2) is 0 Å². The first-order chi connectivity index (χ1) is 7.56. The van der Waals surface area contributed by atoms with Gasteiger partial charge >= 0.3 is 0 Å². The third-order valence-corrected chi connectivity index (χ3v) is 2.03. The Balaban J connectivity index is 3.00. The van der Waals surface area contributed by atoms with Crippen molar-refractivity contribution in [1.82, 2.24) is 5.32 Å². The Morgan fingerprint density at radius 3 is 2.44 bits per heavy atom. The van der Waals surface area contributed by atoms with E-state index in [2.05, 4.69) is 11.2 Å². The van der Waals surface area contributed by atoms with Crippen molar-refractivity contribution in [2.24, 2.45) is 5.73 Å². The number of amides is 2. The lowest BCUT2D eigenvalue weighted by atomic mass is 10.1. The Morgan fingerprint density at radius 2 is 1.94 bits per heavy atom. The maximum Gasteiger partial charge on any atom is 0.253 e. The van der Waals surface area contributed by atoms with Gasteiger partial charge in [0.2, 0.25) is 5.91 Å². The lowest BCUT2D eigenvalue weighted by Crippen LogP contribution is -2.33. The maximum absolute atomic E-state index is 11.7. The van der Waals surface area contributed by atoms with Crippen molar-refractivity contribution in [2.75, 3.05) is 0 Å². The van der Waals surface area contributed by atoms with Crippen LogP contribution < -0.4 is 11.1 Å². The fourth-order valence-corrected chi connectivity index (χ4v) is 1.21. The fraction of sp³-hybridized carbons (Fsp3) is 0.167. The van der Waals surface area contributed by atoms with Crippen LogP contribution in [-0.2, 0) is 0 Å². The summed E-state index contributed by atoms with van der Waals surface area (Å²) in [5.41, 5.74) is 5.57. The van der Waals surface area contributed by atoms with Gasteiger partial charge in [-0.2, -0.15) is 0 Å². The van der Waals surface area contributed by atoms with Crippen LogP contribution in [0.25, 0.3) is 0 Å². The molecule has 82 valence electrons. The Hall–Kier alpha value is -2.28. The van der Waals surface area contributed by atoms with Crippen molar-refractivity contribution in [3.63, 3.8) is 0 Å². The molecule has 1 unspecified atom stereocenters. The number of nitrogens with one attached hydrogen (secondary N) is 1. The van der Waals surface area contributed by atoms with E-state index in [1.165, 1.54) is 12.1 Å². The molecular weight excluding hydrogens is 204 g/mol. The van der Waals surface area contributed by atoms with Crippen LogP contribution in [0.2, 0.25) is 0 Å². The molecule has 1 rings (SSSR count). The Bertz CT molecular complexity index is 460. The quantitative estimate of drug-likeness (QED) is 0.724. The summed E-state index contributed by atoms with van der Waals surface area (Å²) < 4.78 is 0. The molecule has 1 atom stereocenters. The average molecular weight is 216 g/mol. The van der Waals surface area contributed by atoms with E-state index in [0.717, 1.165) is 0 Å². The van der Waals surface area contributed by atoms with Crippen LogP contribution in [0.5, 0.6) is 0 Å². The van der Waals surface area contributed by atoms with Crippen molar-refractivity contribution < 1.29 is 9.59 Å². The summed E-state index contributed by atoms with van der Waals surface area (Å²) in [6.45, 7) is 1.67. The van der Waals surface area contributed by atoms with E-state index in [9.17, 15) is 9.59 Å². The smallest absolute Gasteiger partial charge is 0.253 e. The van der Waals surface area contributed by atoms with Gasteiger partial charge in [0.25, 0.3) is 5.91 Å². The largest absolute Gasteiger partial charge is 0.366 e. The second-order valence-electron chi connectivity index (χ2n) is 3.27. The van der Waals surface area contributed by atoms with Crippen molar-refractivity contribution in [3.8, 4) is 12.3 Å². The van der Waals surface area contributed by atoms with Crippen molar-refractivity contribution >= 4 is 11.8 Å². The highest BCUT2D eigenvalue weighted by atomic mass is 16.2. The lowest BCUT2D eigenvalue weighted by Gasteiger charge is -2.09. The van der Waals surface area contributed by atoms with Crippen molar-refractivity contribution in [2.45, 2.75) is 13.0 Å². The van der Waals surface area contributed by atoms with E-state index in [4.69, 9.17) is 12.2 Å². The van der Waals surface area contributed by atoms with Crippen molar-refractivity contribution in [1.29, 1.82) is 0 Å². The van der Waals surface area contributed by atoms with Gasteiger partial charge in [0.05, 0.1) is 17.2 Å². The third kappa shape index (κ3) is 2.61. The normalized spacial score (nSPS) is 11.2. The summed E-state index contributed by atoms with van der Waals surface area (Å²) in [6.07, 6.45) is 5.14. The summed E-state index contributed by atoms with van der Waals surface area (Å²) in [5.74, 6) is 1.32. The van der Waals surface area contributed by atoms with Gasteiger partial charge in [0.1, 0.15) is 0 Å². The summed E-state index contributed by atoms with van der Waals surface area (Å²) >= 11 is 0. The van der Waals surface area contributed by atoms with E-state index in [-0.39, 0.29) is 11.1 Å². The first kappa shape index (κ1) is 11.8. The first-order valence-corrected chi connectivity index (χ1v) is 4.72. The maximum atomic E-state index is 11.7. The van der Waals surface area contributed by atoms with Gasteiger partial charge < -0.3 is 11.1 Å². The molecule has 0 aliphatic rings. The van der Waals surface area contributed by atoms with E-state index < -0.39 is 17.9 Å². The first-order valence-electron chi connectivity index (χ1n) is 4.72. The molecular formula is C12H12N2O2. The Morgan fingerprint density at radius 1 is 1.38 bits per heavy atom. The number of primary amides is 1. The minimum atomic E-state index is -0.640. The molecule has 4 heteroatoms. The van der Waals surface area contributed by atoms with E-state index in [1.54, 1.807) is 19.1 Å². The summed E-state index contributed by atoms with van der Waals surface area (Å²) in [4.78, 5) is 22.8. The van der Waals surface area contributed by atoms with E-state index in [1.807, 2.05) is 0 Å². The van der Waals surface area contributed by atoms with Gasteiger partial charge in [0, 0.05) is 0 Å². The topological polar surface area (TPSA) is 72.2 Å². The molecule has 0 saturated heterocycles. The number of carbonyl (C=O) groups excluding carboxylic acids is 2. The zero-order chi connectivity index (χ0) is 12.1. The molecule has 0 spiro atoms. The molecule has 0 heterocycles. The van der Waals surface area contributed by atoms with Crippen LogP contribution in [0.3, 0.4) is 0 Å². The molecule has 0 aliphatic heterocycles. The summed E-state index contributed by atoms with van der Waals surface area (Å²) in [5, 5.41) is 2.56. The molecule has 1 aromatic rings. The molecule has 3 N–H and O–H groups in total. The van der Waals surface area contributed by atoms with Gasteiger partial charge in [-0.25, -0.2) is 0 Å². The molecule has 0 fully saturated rings. The highest BCUT2D eigenvalue weighted by Crippen LogP contribution is 2.07. The van der Waals surface area contributed by atoms with Crippen LogP contribution in [0.15, 0.2) is 24.3 Å². The number of terminal acetylenes is 1. The second-order valence-corrected chi connectivity index (χ2v) is 3.27. The van der Waals surface area contributed by atoms with Gasteiger partial charge in [-0.3, -0.25) is 9.59 Å². The molecule has 0 aromatic heterocycles. The molecule has 16 heavy (non-hydrogen) atoms. The zero-order valence-electron chi connectivity index (χ0n) is 8.86. The molecule has 1 aromatic carbocycles. The van der Waals surface area contributed by atoms with E-state index in [0.29, 0.717) is 0 Å². The summed E-state index contributed by atoms with van der Waals surface area (Å²) in [7, 11) is 0. The predicted octanol–water partition coefficient (Wildman–Crippen LogP) is 0.537. The number of hydrogen-bond acceptors (Lipinski definition) is 2. The molecule has 2 amide bonds. The number of nitrogens with two attached hydrogens (primary N) is 1. The highest BCUT2D eigenvalue weighted by Gasteiger charge is 2.15. The Kier molecular flexibility index (Phi) is 3.67. The van der Waals surface area contributed by atoms with Crippen LogP contribution >= 0.6 is 0 Å². The van der Waals surface area contributed by atoms with Crippen LogP contribution in [0.4, 0.5) is 0 Å². The molecule has 0 bridgehead atoms. The minimum absolute atomic E-state index is 0.184. The number of hydrogen-bond donors (Lipinski definition) is 2. The second kappa shape index (κ2) is 4.99. The van der Waals surface area contributed by atoms with Gasteiger partial charge in [-0.05, 0) is 19.1 Å². The number of benzene rings is 1. The predicted molar refractivity (Wildman–Crippen MR) is 60.7 cm³/mol. The van der Waals surface area contributed by atoms with E-state index >= 15 is 0 Å². The SMILES string of the molecule is C#CC(C)NC(=O)c1ccccc1C(N)=O. The standard InChI is InChI=1S/C12H12N2O2/c1-3-8(2)14-12(16)10-7-5-4-6-9(10)11(13)15/h1,4-8H,2H3,(H2,13,15)(H,14,16). The Labute approximate surface area is 93.8 Å². The number of rotatable bonds is 3. The third-order valence-electron chi connectivity index (χ3n) is 2.03. The minimum Gasteiger partial charge on any atom is -0.366 e. The lowest BCUT2D eigenvalue weighted by molar-refractivity contribution is 0.0931. The molecule has 0 saturated carbocycles. The fourth-order valence-electron chi connectivity index (χ4n) is 1.21. The number of carbonyl (C=O) groups is 2. The van der Waals surface area contributed by atoms with Gasteiger partial charge in [-0.15, -0.1) is 6.42 Å². The van der Waals surface area contributed by atoms with Crippen LogP contribution in [-0.4, -0.2) is 17.9 Å². The molecule has 0 radical (unpaired) electrons. The van der Waals surface area contributed by atoms with Crippen LogP contribution in [0, 0.1) is 12.3 Å². The molecule has 4 nitrogen and oxygen atoms in total. The monoisotopic (exact) mass is 216 g/mol. The van der Waals surface area contributed by atoms with Gasteiger partial charge in [-0.1, -0.05) is 18.1 Å². The zero-order valence-corrected chi connectivity index (χ0v) is 8.86. The van der Waals surface area contributed by atoms with Crippen LogP contribution in [0.1, 0.15) is 27.6 Å². The van der Waals surface area contributed by atoms with Crippen molar-refractivity contribution in [3.05, 3.63) is 35.4 Å². The highest BCUT2D eigenvalue weighted by molar-refractivity contribution is 6.06. The summed E-state index contributed by atoms with van der Waals surface area (Å²) in [6, 6.07) is 5.92. The molecule has 0 aliphatic carbocycles.